The lowest BCUT2D eigenvalue weighted by atomic mass is 10.2. The first kappa shape index (κ1) is 10.6. The van der Waals surface area contributed by atoms with Gasteiger partial charge in [0.25, 0.3) is 0 Å². The van der Waals surface area contributed by atoms with Crippen molar-refractivity contribution >= 4 is 5.82 Å². The van der Waals surface area contributed by atoms with Crippen LogP contribution in [0.5, 0.6) is 0 Å². The lowest BCUT2D eigenvalue weighted by Gasteiger charge is -2.07. The van der Waals surface area contributed by atoms with Gasteiger partial charge in [0.1, 0.15) is 5.82 Å². The molecule has 2 nitrogen and oxygen atoms in total. The molecule has 1 aromatic rings. The molecular formula is C9H9F3N2. The van der Waals surface area contributed by atoms with E-state index in [9.17, 15) is 13.2 Å². The van der Waals surface area contributed by atoms with Gasteiger partial charge in [0, 0.05) is 6.20 Å². The average Bonchev–Trinajstić information content (AvgIpc) is 2.14. The third-order valence-corrected chi connectivity index (χ3v) is 1.49. The van der Waals surface area contributed by atoms with E-state index in [-0.39, 0.29) is 5.82 Å². The fourth-order valence-electron chi connectivity index (χ4n) is 0.855. The van der Waals surface area contributed by atoms with E-state index in [1.54, 1.807) is 13.0 Å². The van der Waals surface area contributed by atoms with Crippen molar-refractivity contribution in [1.82, 2.24) is 4.98 Å². The highest BCUT2D eigenvalue weighted by Crippen LogP contribution is 2.29. The summed E-state index contributed by atoms with van der Waals surface area (Å²) in [7, 11) is 0. The van der Waals surface area contributed by atoms with E-state index >= 15 is 0 Å². The van der Waals surface area contributed by atoms with Crippen LogP contribution in [-0.2, 0) is 6.18 Å². The zero-order chi connectivity index (χ0) is 10.6. The second-order valence-corrected chi connectivity index (χ2v) is 2.57. The van der Waals surface area contributed by atoms with Crippen molar-refractivity contribution in [3.63, 3.8) is 0 Å². The number of anilines is 1. The monoisotopic (exact) mass is 202 g/mol. The molecule has 76 valence electrons. The first-order valence-corrected chi connectivity index (χ1v) is 3.95. The minimum Gasteiger partial charge on any atom is -0.347 e. The molecule has 5 heteroatoms. The molecule has 0 radical (unpaired) electrons. The van der Waals surface area contributed by atoms with E-state index in [2.05, 4.69) is 10.3 Å². The lowest BCUT2D eigenvalue weighted by Crippen LogP contribution is -2.05. The zero-order valence-electron chi connectivity index (χ0n) is 7.47. The van der Waals surface area contributed by atoms with Gasteiger partial charge in [0.2, 0.25) is 0 Å². The van der Waals surface area contributed by atoms with Gasteiger partial charge in [-0.05, 0) is 25.3 Å². The van der Waals surface area contributed by atoms with Gasteiger partial charge < -0.3 is 5.32 Å². The van der Waals surface area contributed by atoms with Crippen LogP contribution in [-0.4, -0.2) is 4.98 Å². The number of hydrogen-bond donors (Lipinski definition) is 1. The fourth-order valence-corrected chi connectivity index (χ4v) is 0.855. The normalized spacial score (nSPS) is 12.0. The topological polar surface area (TPSA) is 24.9 Å². The van der Waals surface area contributed by atoms with Crippen LogP contribution in [0.15, 0.2) is 30.6 Å². The first-order chi connectivity index (χ1) is 6.54. The number of halogens is 3. The molecule has 0 saturated carbocycles. The number of nitrogens with one attached hydrogen (secondary N) is 1. The fraction of sp³-hybridized carbons (Fsp3) is 0.222. The molecule has 0 saturated heterocycles. The number of allylic oxidation sites excluding steroid dienone is 1. The Hall–Kier alpha value is -1.52. The Morgan fingerprint density at radius 2 is 2.14 bits per heavy atom. The Balaban J connectivity index is 2.90. The Labute approximate surface area is 79.5 Å². The summed E-state index contributed by atoms with van der Waals surface area (Å²) in [6.07, 6.45) is -0.0195. The molecule has 0 amide bonds. The standard InChI is InChI=1S/C9H9F3N2/c1-2-4-13-8-6-7(3-5-14-8)9(10,11)12/h2-6H,1H3,(H,13,14)/b4-2+. The average molecular weight is 202 g/mol. The number of nitrogens with zero attached hydrogens (tertiary/aromatic N) is 1. The quantitative estimate of drug-likeness (QED) is 0.797. The van der Waals surface area contributed by atoms with Crippen LogP contribution in [0.4, 0.5) is 19.0 Å². The number of aromatic nitrogens is 1. The van der Waals surface area contributed by atoms with Crippen LogP contribution in [0, 0.1) is 0 Å². The highest BCUT2D eigenvalue weighted by Gasteiger charge is 2.30. The van der Waals surface area contributed by atoms with E-state index in [1.165, 1.54) is 6.20 Å². The van der Waals surface area contributed by atoms with Crippen molar-refractivity contribution in [2.75, 3.05) is 5.32 Å². The molecule has 0 atom stereocenters. The zero-order valence-corrected chi connectivity index (χ0v) is 7.47. The summed E-state index contributed by atoms with van der Waals surface area (Å²) in [5.41, 5.74) is -0.709. The van der Waals surface area contributed by atoms with Crippen molar-refractivity contribution in [2.24, 2.45) is 0 Å². The minimum atomic E-state index is -4.32. The van der Waals surface area contributed by atoms with E-state index in [0.717, 1.165) is 18.3 Å². The lowest BCUT2D eigenvalue weighted by molar-refractivity contribution is -0.137. The van der Waals surface area contributed by atoms with Crippen LogP contribution in [0.1, 0.15) is 12.5 Å². The summed E-state index contributed by atoms with van der Waals surface area (Å²) in [5.74, 6) is 0.179. The van der Waals surface area contributed by atoms with E-state index in [0.29, 0.717) is 0 Å². The summed E-state index contributed by atoms with van der Waals surface area (Å²) in [4.78, 5) is 3.73. The number of rotatable bonds is 2. The van der Waals surface area contributed by atoms with Crippen LogP contribution < -0.4 is 5.32 Å². The molecule has 1 heterocycles. The second kappa shape index (κ2) is 4.13. The van der Waals surface area contributed by atoms with E-state index < -0.39 is 11.7 Å². The highest BCUT2D eigenvalue weighted by molar-refractivity contribution is 5.40. The van der Waals surface area contributed by atoms with Crippen molar-refractivity contribution < 1.29 is 13.2 Å². The molecule has 0 aliphatic carbocycles. The number of alkyl halides is 3. The molecule has 1 aromatic heterocycles. The van der Waals surface area contributed by atoms with Gasteiger partial charge in [-0.25, -0.2) is 4.98 Å². The van der Waals surface area contributed by atoms with Gasteiger partial charge in [0.15, 0.2) is 0 Å². The van der Waals surface area contributed by atoms with Gasteiger partial charge >= 0.3 is 6.18 Å². The molecule has 0 aromatic carbocycles. The Kier molecular flexibility index (Phi) is 3.11. The molecule has 14 heavy (non-hydrogen) atoms. The predicted molar refractivity (Wildman–Crippen MR) is 47.7 cm³/mol. The Morgan fingerprint density at radius 1 is 1.43 bits per heavy atom. The largest absolute Gasteiger partial charge is 0.416 e. The van der Waals surface area contributed by atoms with Crippen LogP contribution >= 0.6 is 0 Å². The maximum Gasteiger partial charge on any atom is 0.416 e. The predicted octanol–water partition coefficient (Wildman–Crippen LogP) is 3.05. The molecule has 1 rings (SSSR count). The molecule has 0 fully saturated rings. The SMILES string of the molecule is C/C=C/Nc1cc(C(F)(F)F)ccn1. The Morgan fingerprint density at radius 3 is 2.71 bits per heavy atom. The van der Waals surface area contributed by atoms with Gasteiger partial charge in [-0.3, -0.25) is 0 Å². The van der Waals surface area contributed by atoms with Crippen molar-refractivity contribution in [3.8, 4) is 0 Å². The summed E-state index contributed by atoms with van der Waals surface area (Å²) < 4.78 is 36.6. The van der Waals surface area contributed by atoms with Crippen molar-refractivity contribution in [2.45, 2.75) is 13.1 Å². The third-order valence-electron chi connectivity index (χ3n) is 1.49. The molecule has 0 bridgehead atoms. The summed E-state index contributed by atoms with van der Waals surface area (Å²) in [6, 6.07) is 1.89. The van der Waals surface area contributed by atoms with E-state index in [4.69, 9.17) is 0 Å². The van der Waals surface area contributed by atoms with Gasteiger partial charge in [-0.1, -0.05) is 6.08 Å². The van der Waals surface area contributed by atoms with Gasteiger partial charge in [-0.15, -0.1) is 0 Å². The van der Waals surface area contributed by atoms with Crippen molar-refractivity contribution in [3.05, 3.63) is 36.2 Å². The van der Waals surface area contributed by atoms with Crippen LogP contribution in [0.25, 0.3) is 0 Å². The molecule has 0 unspecified atom stereocenters. The molecule has 0 aliphatic rings. The molecule has 0 spiro atoms. The molecule has 1 N–H and O–H groups in total. The van der Waals surface area contributed by atoms with Crippen LogP contribution in [0.2, 0.25) is 0 Å². The summed E-state index contributed by atoms with van der Waals surface area (Å²) in [5, 5.41) is 2.62. The number of pyridine rings is 1. The Bertz CT molecular complexity index is 331. The summed E-state index contributed by atoms with van der Waals surface area (Å²) >= 11 is 0. The molecule has 0 aliphatic heterocycles. The first-order valence-electron chi connectivity index (χ1n) is 3.95. The van der Waals surface area contributed by atoms with Crippen LogP contribution in [0.3, 0.4) is 0 Å². The molecular weight excluding hydrogens is 193 g/mol. The maximum absolute atomic E-state index is 12.2. The number of hydrogen-bond acceptors (Lipinski definition) is 2. The highest BCUT2D eigenvalue weighted by atomic mass is 19.4. The van der Waals surface area contributed by atoms with E-state index in [1.807, 2.05) is 0 Å². The van der Waals surface area contributed by atoms with Gasteiger partial charge in [-0.2, -0.15) is 13.2 Å². The van der Waals surface area contributed by atoms with Crippen molar-refractivity contribution in [1.29, 1.82) is 0 Å². The maximum atomic E-state index is 12.2. The summed E-state index contributed by atoms with van der Waals surface area (Å²) in [6.45, 7) is 1.75. The van der Waals surface area contributed by atoms with Gasteiger partial charge in [0.05, 0.1) is 5.56 Å². The minimum absolute atomic E-state index is 0.179. The third kappa shape index (κ3) is 2.76. The smallest absolute Gasteiger partial charge is 0.347 e. The second-order valence-electron chi connectivity index (χ2n) is 2.57.